The number of carbonyl (C=O) groups excluding carboxylic acids is 3. The van der Waals surface area contributed by atoms with E-state index in [4.69, 9.17) is 20.6 Å². The lowest BCUT2D eigenvalue weighted by molar-refractivity contribution is -0.157. The van der Waals surface area contributed by atoms with Crippen LogP contribution in [0.25, 0.3) is 0 Å². The molecule has 4 N–H and O–H groups in total. The highest BCUT2D eigenvalue weighted by Gasteiger charge is 2.29. The van der Waals surface area contributed by atoms with Gasteiger partial charge in [-0.2, -0.15) is 0 Å². The average molecular weight is 486 g/mol. The van der Waals surface area contributed by atoms with Crippen molar-refractivity contribution in [3.8, 4) is 5.75 Å². The number of benzene rings is 1. The Morgan fingerprint density at radius 1 is 1.14 bits per heavy atom. The number of nitrogens with zero attached hydrogens (tertiary/aromatic N) is 2. The molecule has 0 unspecified atom stereocenters. The van der Waals surface area contributed by atoms with E-state index in [2.05, 4.69) is 5.32 Å². The van der Waals surface area contributed by atoms with Crippen molar-refractivity contribution in [2.45, 2.75) is 64.5 Å². The number of esters is 1. The summed E-state index contributed by atoms with van der Waals surface area (Å²) in [4.78, 5) is 40.5. The molecule has 0 spiro atoms. The molecule has 0 bridgehead atoms. The number of allylic oxidation sites excluding steroid dienone is 1. The third-order valence-corrected chi connectivity index (χ3v) is 5.73. The molecule has 1 aromatic carbocycles. The van der Waals surface area contributed by atoms with Crippen molar-refractivity contribution < 1.29 is 23.9 Å². The van der Waals surface area contributed by atoms with Crippen molar-refractivity contribution in [1.29, 1.82) is 5.41 Å². The summed E-state index contributed by atoms with van der Waals surface area (Å²) in [7, 11) is 0. The molecule has 3 rings (SSSR count). The van der Waals surface area contributed by atoms with E-state index in [1.165, 1.54) is 4.90 Å². The Morgan fingerprint density at radius 2 is 1.80 bits per heavy atom. The van der Waals surface area contributed by atoms with Crippen LogP contribution < -0.4 is 15.8 Å². The maximum Gasteiger partial charge on any atom is 0.415 e. The SMILES string of the molecule is CC(C)(C)OC(=O)[C@H](Cc1ccc(OC(=O)N2CCCC2)cc1)N/C(N)=C(/C=N)N1CCCC1=O. The van der Waals surface area contributed by atoms with Crippen LogP contribution in [0.4, 0.5) is 4.79 Å². The Hall–Kier alpha value is -3.56. The smallest absolute Gasteiger partial charge is 0.415 e. The first kappa shape index (κ1) is 26.1. The Kier molecular flexibility index (Phi) is 8.37. The largest absolute Gasteiger partial charge is 0.458 e. The zero-order chi connectivity index (χ0) is 25.6. The summed E-state index contributed by atoms with van der Waals surface area (Å²) in [6, 6.07) is 6.04. The average Bonchev–Trinajstić information content (AvgIpc) is 3.46. The molecule has 1 atom stereocenters. The fourth-order valence-electron chi connectivity index (χ4n) is 4.03. The minimum Gasteiger partial charge on any atom is -0.458 e. The fraction of sp³-hybridized carbons (Fsp3) is 0.520. The van der Waals surface area contributed by atoms with Crippen molar-refractivity contribution in [2.75, 3.05) is 19.6 Å². The molecule has 10 heteroatoms. The minimum atomic E-state index is -0.861. The second kappa shape index (κ2) is 11.2. The monoisotopic (exact) mass is 485 g/mol. The number of likely N-dealkylation sites (tertiary alicyclic amines) is 2. The molecule has 2 fully saturated rings. The molecule has 2 aliphatic heterocycles. The lowest BCUT2D eigenvalue weighted by atomic mass is 10.0. The number of carbonyl (C=O) groups is 3. The highest BCUT2D eigenvalue weighted by molar-refractivity contribution is 5.88. The van der Waals surface area contributed by atoms with Gasteiger partial charge in [-0.1, -0.05) is 12.1 Å². The predicted octanol–water partition coefficient (Wildman–Crippen LogP) is 2.52. The highest BCUT2D eigenvalue weighted by Crippen LogP contribution is 2.19. The van der Waals surface area contributed by atoms with Crippen molar-refractivity contribution in [3.05, 3.63) is 41.3 Å². The second-order valence-electron chi connectivity index (χ2n) is 9.73. The molecule has 2 amide bonds. The van der Waals surface area contributed by atoms with Gasteiger partial charge in [0.05, 0.1) is 0 Å². The van der Waals surface area contributed by atoms with Crippen LogP contribution in [0.1, 0.15) is 52.0 Å². The number of nitrogens with one attached hydrogen (secondary N) is 2. The zero-order valence-electron chi connectivity index (χ0n) is 20.6. The number of hydrogen-bond donors (Lipinski definition) is 3. The summed E-state index contributed by atoms with van der Waals surface area (Å²) in [6.45, 7) is 7.20. The number of amides is 2. The first-order valence-electron chi connectivity index (χ1n) is 11.9. The van der Waals surface area contributed by atoms with E-state index in [1.807, 2.05) is 0 Å². The quantitative estimate of drug-likeness (QED) is 0.380. The van der Waals surface area contributed by atoms with Crippen LogP contribution in [0.5, 0.6) is 5.75 Å². The van der Waals surface area contributed by atoms with Gasteiger partial charge < -0.3 is 35.7 Å². The molecule has 2 aliphatic rings. The third kappa shape index (κ3) is 7.21. The summed E-state index contributed by atoms with van der Waals surface area (Å²) < 4.78 is 11.0. The van der Waals surface area contributed by atoms with Gasteiger partial charge in [-0.05, 0) is 57.7 Å². The number of ether oxygens (including phenoxy) is 2. The van der Waals surface area contributed by atoms with Gasteiger partial charge in [-0.15, -0.1) is 0 Å². The van der Waals surface area contributed by atoms with E-state index in [-0.39, 0.29) is 29.9 Å². The van der Waals surface area contributed by atoms with Crippen LogP contribution in [0.15, 0.2) is 35.8 Å². The Bertz CT molecular complexity index is 977. The predicted molar refractivity (Wildman–Crippen MR) is 131 cm³/mol. The van der Waals surface area contributed by atoms with E-state index >= 15 is 0 Å². The number of hydrogen-bond acceptors (Lipinski definition) is 8. The second-order valence-corrected chi connectivity index (χ2v) is 9.73. The normalized spacial score (nSPS) is 17.6. The van der Waals surface area contributed by atoms with Crippen LogP contribution in [-0.2, 0) is 20.7 Å². The standard InChI is InChI=1S/C25H35N5O5/c1-25(2,3)35-23(32)19(28-22(27)20(16-26)30-14-6-7-21(30)31)15-17-8-10-18(11-9-17)34-24(33)29-12-4-5-13-29/h8-11,16,19,26,28H,4-7,12-15,27H2,1-3H3/b22-20-,26-16?/t19-/m0/s1. The third-order valence-electron chi connectivity index (χ3n) is 5.73. The Balaban J connectivity index is 1.74. The molecule has 2 heterocycles. The van der Waals surface area contributed by atoms with Gasteiger partial charge in [0.25, 0.3) is 0 Å². The van der Waals surface area contributed by atoms with Crippen molar-refractivity contribution >= 4 is 24.2 Å². The molecule has 1 aromatic rings. The molecule has 190 valence electrons. The van der Waals surface area contributed by atoms with Crippen LogP contribution in [0, 0.1) is 5.41 Å². The van der Waals surface area contributed by atoms with Crippen LogP contribution in [0.3, 0.4) is 0 Å². The highest BCUT2D eigenvalue weighted by atomic mass is 16.6. The van der Waals surface area contributed by atoms with Crippen LogP contribution in [0.2, 0.25) is 0 Å². The Morgan fingerprint density at radius 3 is 2.34 bits per heavy atom. The van der Waals surface area contributed by atoms with Crippen molar-refractivity contribution in [2.24, 2.45) is 5.73 Å². The first-order chi connectivity index (χ1) is 16.6. The molecule has 10 nitrogen and oxygen atoms in total. The summed E-state index contributed by atoms with van der Waals surface area (Å²) in [5.74, 6) is -0.143. The van der Waals surface area contributed by atoms with E-state index < -0.39 is 17.6 Å². The lowest BCUT2D eigenvalue weighted by Crippen LogP contribution is -2.45. The number of nitrogens with two attached hydrogens (primary N) is 1. The topological polar surface area (TPSA) is 138 Å². The van der Waals surface area contributed by atoms with Gasteiger partial charge in [0.15, 0.2) is 0 Å². The Labute approximate surface area is 205 Å². The van der Waals surface area contributed by atoms with Gasteiger partial charge in [-0.3, -0.25) is 4.79 Å². The van der Waals surface area contributed by atoms with E-state index in [1.54, 1.807) is 49.9 Å². The van der Waals surface area contributed by atoms with Gasteiger partial charge in [0, 0.05) is 38.7 Å². The summed E-state index contributed by atoms with van der Waals surface area (Å²) in [5, 5.41) is 10.7. The van der Waals surface area contributed by atoms with E-state index in [9.17, 15) is 14.4 Å². The van der Waals surface area contributed by atoms with Crippen molar-refractivity contribution in [3.63, 3.8) is 0 Å². The lowest BCUT2D eigenvalue weighted by Gasteiger charge is -2.27. The summed E-state index contributed by atoms with van der Waals surface area (Å²) >= 11 is 0. The zero-order valence-corrected chi connectivity index (χ0v) is 20.6. The summed E-state index contributed by atoms with van der Waals surface area (Å²) in [6.07, 6.45) is 3.93. The fourth-order valence-corrected chi connectivity index (χ4v) is 4.03. The van der Waals surface area contributed by atoms with Crippen LogP contribution >= 0.6 is 0 Å². The van der Waals surface area contributed by atoms with Crippen molar-refractivity contribution in [1.82, 2.24) is 15.1 Å². The first-order valence-corrected chi connectivity index (χ1v) is 11.9. The maximum absolute atomic E-state index is 13.0. The molecule has 0 radical (unpaired) electrons. The summed E-state index contributed by atoms with van der Waals surface area (Å²) in [5.41, 5.74) is 6.52. The van der Waals surface area contributed by atoms with E-state index in [0.29, 0.717) is 38.2 Å². The van der Waals surface area contributed by atoms with Gasteiger partial charge in [-0.25, -0.2) is 9.59 Å². The van der Waals surface area contributed by atoms with Gasteiger partial charge >= 0.3 is 12.1 Å². The minimum absolute atomic E-state index is 0.0577. The molecule has 0 aliphatic carbocycles. The van der Waals surface area contributed by atoms with Gasteiger partial charge in [0.2, 0.25) is 5.91 Å². The molecule has 0 saturated carbocycles. The molecule has 0 aromatic heterocycles. The maximum atomic E-state index is 13.0. The van der Waals surface area contributed by atoms with E-state index in [0.717, 1.165) is 24.6 Å². The van der Waals surface area contributed by atoms with Crippen LogP contribution in [-0.4, -0.2) is 65.3 Å². The number of rotatable bonds is 8. The molecular formula is C25H35N5O5. The molecule has 2 saturated heterocycles. The molecule has 35 heavy (non-hydrogen) atoms. The van der Waals surface area contributed by atoms with Gasteiger partial charge in [0.1, 0.15) is 28.9 Å². The molecular weight excluding hydrogens is 450 g/mol.